The van der Waals surface area contributed by atoms with E-state index in [0.29, 0.717) is 6.42 Å². The Hall–Kier alpha value is -1.91. The zero-order valence-corrected chi connectivity index (χ0v) is 9.51. The Balaban J connectivity index is 2.09. The Morgan fingerprint density at radius 2 is 2.35 bits per heavy atom. The first-order valence-corrected chi connectivity index (χ1v) is 5.58. The fourth-order valence-corrected chi connectivity index (χ4v) is 1.96. The molecule has 17 heavy (non-hydrogen) atoms. The molecule has 1 aromatic rings. The number of aromatic nitrogens is 1. The average Bonchev–Trinajstić information content (AvgIpc) is 2.33. The number of carboxylic acids is 1. The van der Waals surface area contributed by atoms with E-state index in [1.165, 1.54) is 0 Å². The van der Waals surface area contributed by atoms with Gasteiger partial charge in [0.15, 0.2) is 0 Å². The van der Waals surface area contributed by atoms with Crippen LogP contribution < -0.4 is 5.32 Å². The molecule has 1 aliphatic heterocycles. The number of pyridine rings is 1. The molecular weight excluding hydrogens is 220 g/mol. The zero-order chi connectivity index (χ0) is 12.4. The maximum atomic E-state index is 11.3. The van der Waals surface area contributed by atoms with Gasteiger partial charge in [-0.25, -0.2) is 4.79 Å². The molecule has 2 atom stereocenters. The molecule has 0 aliphatic carbocycles. The lowest BCUT2D eigenvalue weighted by molar-refractivity contribution is -0.153. The van der Waals surface area contributed by atoms with Crippen LogP contribution in [0.4, 0.5) is 0 Å². The van der Waals surface area contributed by atoms with Crippen molar-refractivity contribution in [3.05, 3.63) is 29.6 Å². The van der Waals surface area contributed by atoms with Crippen molar-refractivity contribution in [2.45, 2.75) is 25.8 Å². The fraction of sp³-hybridized carbons (Fsp3) is 0.417. The maximum absolute atomic E-state index is 11.3. The summed E-state index contributed by atoms with van der Waals surface area (Å²) in [4.78, 5) is 26.3. The summed E-state index contributed by atoms with van der Waals surface area (Å²) < 4.78 is 0. The van der Waals surface area contributed by atoms with E-state index < -0.39 is 17.9 Å². The van der Waals surface area contributed by atoms with Crippen molar-refractivity contribution in [2.24, 2.45) is 5.92 Å². The van der Waals surface area contributed by atoms with Gasteiger partial charge < -0.3 is 10.4 Å². The van der Waals surface area contributed by atoms with E-state index in [-0.39, 0.29) is 5.91 Å². The van der Waals surface area contributed by atoms with Crippen molar-refractivity contribution in [1.82, 2.24) is 10.3 Å². The number of hydrogen-bond acceptors (Lipinski definition) is 3. The van der Waals surface area contributed by atoms with Gasteiger partial charge in [-0.15, -0.1) is 0 Å². The summed E-state index contributed by atoms with van der Waals surface area (Å²) in [5.74, 6) is -1.62. The van der Waals surface area contributed by atoms with Gasteiger partial charge in [0.2, 0.25) is 5.91 Å². The quantitative estimate of drug-likeness (QED) is 0.738. The third-order valence-electron chi connectivity index (χ3n) is 3.00. The summed E-state index contributed by atoms with van der Waals surface area (Å²) in [5, 5.41) is 11.3. The summed E-state index contributed by atoms with van der Waals surface area (Å²) in [7, 11) is 0. The fourth-order valence-electron chi connectivity index (χ4n) is 1.96. The first-order chi connectivity index (χ1) is 8.11. The number of carboxylic acid groups (broad SMARTS) is 1. The van der Waals surface area contributed by atoms with Crippen LogP contribution in [0, 0.1) is 5.92 Å². The van der Waals surface area contributed by atoms with Crippen LogP contribution in [0.2, 0.25) is 0 Å². The van der Waals surface area contributed by atoms with Crippen LogP contribution in [0.5, 0.6) is 0 Å². The minimum Gasteiger partial charge on any atom is -0.480 e. The number of aliphatic carboxylic acids is 1. The number of nitrogens with one attached hydrogen (secondary N) is 1. The third kappa shape index (κ3) is 2.27. The van der Waals surface area contributed by atoms with Gasteiger partial charge in [0, 0.05) is 11.9 Å². The second kappa shape index (κ2) is 4.53. The Morgan fingerprint density at radius 1 is 1.59 bits per heavy atom. The molecule has 1 aromatic heterocycles. The average molecular weight is 234 g/mol. The van der Waals surface area contributed by atoms with E-state index >= 15 is 0 Å². The zero-order valence-electron chi connectivity index (χ0n) is 9.51. The van der Waals surface area contributed by atoms with Crippen molar-refractivity contribution in [3.8, 4) is 0 Å². The van der Waals surface area contributed by atoms with Crippen molar-refractivity contribution in [3.63, 3.8) is 0 Å². The number of β-lactam (4-membered cyclic amide) rings is 1. The normalized spacial score (nSPS) is 22.8. The lowest BCUT2D eigenvalue weighted by Crippen LogP contribution is -2.62. The molecule has 0 radical (unpaired) electrons. The molecule has 0 aromatic carbocycles. The number of nitrogens with zero attached hydrogens (tertiary/aromatic N) is 1. The van der Waals surface area contributed by atoms with Crippen molar-refractivity contribution in [1.29, 1.82) is 0 Å². The summed E-state index contributed by atoms with van der Waals surface area (Å²) in [6.45, 7) is 2.00. The van der Waals surface area contributed by atoms with Gasteiger partial charge in [-0.3, -0.25) is 9.78 Å². The summed E-state index contributed by atoms with van der Waals surface area (Å²) in [6.07, 6.45) is 2.98. The molecule has 1 fully saturated rings. The molecule has 0 spiro atoms. The lowest BCUT2D eigenvalue weighted by atomic mass is 9.85. The van der Waals surface area contributed by atoms with Gasteiger partial charge in [0.1, 0.15) is 6.04 Å². The highest BCUT2D eigenvalue weighted by Gasteiger charge is 2.43. The maximum Gasteiger partial charge on any atom is 0.327 e. The highest BCUT2D eigenvalue weighted by atomic mass is 16.4. The summed E-state index contributed by atoms with van der Waals surface area (Å²) >= 11 is 0. The molecule has 2 heterocycles. The van der Waals surface area contributed by atoms with E-state index in [1.54, 1.807) is 6.20 Å². The minimum atomic E-state index is -0.973. The van der Waals surface area contributed by atoms with Crippen LogP contribution in [0.1, 0.15) is 18.2 Å². The second-order valence-electron chi connectivity index (χ2n) is 4.14. The number of aryl methyl sites for hydroxylation is 1. The van der Waals surface area contributed by atoms with E-state index in [9.17, 15) is 9.59 Å². The van der Waals surface area contributed by atoms with Gasteiger partial charge in [-0.05, 0) is 30.5 Å². The summed E-state index contributed by atoms with van der Waals surface area (Å²) in [5.41, 5.74) is 1.91. The van der Waals surface area contributed by atoms with Crippen molar-refractivity contribution < 1.29 is 14.7 Å². The molecule has 0 saturated carbocycles. The molecule has 1 amide bonds. The molecule has 1 saturated heterocycles. The Kier molecular flexibility index (Phi) is 3.08. The van der Waals surface area contributed by atoms with Crippen LogP contribution in [0.25, 0.3) is 0 Å². The SMILES string of the molecule is CCc1cc(C[C@H]2C(=O)N[C@@H]2C(=O)O)ccn1. The molecule has 1 aliphatic rings. The standard InChI is InChI=1S/C12H14N2O3/c1-2-8-5-7(3-4-13-8)6-9-10(12(16)17)14-11(9)15/h3-5,9-10H,2,6H2,1H3,(H,14,15)(H,16,17)/t9-,10+/m1/s1. The number of carbonyl (C=O) groups excluding carboxylic acids is 1. The van der Waals surface area contributed by atoms with Crippen molar-refractivity contribution in [2.75, 3.05) is 0 Å². The second-order valence-corrected chi connectivity index (χ2v) is 4.14. The van der Waals surface area contributed by atoms with Crippen LogP contribution in [-0.4, -0.2) is 28.0 Å². The van der Waals surface area contributed by atoms with Crippen LogP contribution in [0.15, 0.2) is 18.3 Å². The Bertz CT molecular complexity index is 459. The largest absolute Gasteiger partial charge is 0.480 e. The molecule has 0 bridgehead atoms. The molecular formula is C12H14N2O3. The van der Waals surface area contributed by atoms with E-state index in [1.807, 2.05) is 19.1 Å². The molecule has 0 unspecified atom stereocenters. The number of hydrogen-bond donors (Lipinski definition) is 2. The monoisotopic (exact) mass is 234 g/mol. The topological polar surface area (TPSA) is 79.3 Å². The van der Waals surface area contributed by atoms with Crippen LogP contribution in [0.3, 0.4) is 0 Å². The van der Waals surface area contributed by atoms with Gasteiger partial charge in [-0.1, -0.05) is 6.92 Å². The predicted molar refractivity (Wildman–Crippen MR) is 60.4 cm³/mol. The number of amides is 1. The van der Waals surface area contributed by atoms with E-state index in [0.717, 1.165) is 17.7 Å². The Morgan fingerprint density at radius 3 is 2.94 bits per heavy atom. The highest BCUT2D eigenvalue weighted by molar-refractivity contribution is 5.96. The third-order valence-corrected chi connectivity index (χ3v) is 3.00. The smallest absolute Gasteiger partial charge is 0.327 e. The lowest BCUT2D eigenvalue weighted by Gasteiger charge is -2.33. The number of rotatable bonds is 4. The molecule has 5 nitrogen and oxygen atoms in total. The van der Waals surface area contributed by atoms with Crippen LogP contribution in [-0.2, 0) is 22.4 Å². The number of carbonyl (C=O) groups is 2. The molecule has 90 valence electrons. The predicted octanol–water partition coefficient (Wildman–Crippen LogP) is 0.386. The highest BCUT2D eigenvalue weighted by Crippen LogP contribution is 2.21. The van der Waals surface area contributed by atoms with E-state index in [4.69, 9.17) is 5.11 Å². The molecule has 2 N–H and O–H groups in total. The van der Waals surface area contributed by atoms with Gasteiger partial charge in [-0.2, -0.15) is 0 Å². The first kappa shape index (κ1) is 11.6. The van der Waals surface area contributed by atoms with Gasteiger partial charge in [0.05, 0.1) is 5.92 Å². The minimum absolute atomic E-state index is 0.188. The van der Waals surface area contributed by atoms with E-state index in [2.05, 4.69) is 10.3 Å². The van der Waals surface area contributed by atoms with Gasteiger partial charge in [0.25, 0.3) is 0 Å². The Labute approximate surface area is 98.9 Å². The van der Waals surface area contributed by atoms with Crippen molar-refractivity contribution >= 4 is 11.9 Å². The van der Waals surface area contributed by atoms with Gasteiger partial charge >= 0.3 is 5.97 Å². The van der Waals surface area contributed by atoms with Crippen LogP contribution >= 0.6 is 0 Å². The summed E-state index contributed by atoms with van der Waals surface area (Å²) in [6, 6.07) is 2.99. The molecule has 5 heteroatoms. The molecule has 2 rings (SSSR count). The first-order valence-electron chi connectivity index (χ1n) is 5.58.